The molecule has 0 aliphatic carbocycles. The van der Waals surface area contributed by atoms with Crippen LogP contribution in [0.4, 0.5) is 5.69 Å². The number of nitrogens with zero attached hydrogens (tertiary/aromatic N) is 1. The van der Waals surface area contributed by atoms with E-state index in [-0.39, 0.29) is 23.4 Å². The zero-order valence-electron chi connectivity index (χ0n) is 23.3. The van der Waals surface area contributed by atoms with Gasteiger partial charge in [-0.15, -0.1) is 0 Å². The lowest BCUT2D eigenvalue weighted by Gasteiger charge is -2.47. The highest BCUT2D eigenvalue weighted by Crippen LogP contribution is 2.54. The highest BCUT2D eigenvalue weighted by Gasteiger charge is 2.58. The van der Waals surface area contributed by atoms with Crippen molar-refractivity contribution < 1.29 is 27.2 Å². The number of esters is 1. The number of fused-ring (bicyclic) bond motifs is 2. The summed E-state index contributed by atoms with van der Waals surface area (Å²) in [7, 11) is -4.59. The van der Waals surface area contributed by atoms with Gasteiger partial charge in [0.1, 0.15) is 22.5 Å². The maximum absolute atomic E-state index is 13.3. The van der Waals surface area contributed by atoms with E-state index in [0.29, 0.717) is 23.8 Å². The molecule has 0 bridgehead atoms. The van der Waals surface area contributed by atoms with E-state index in [1.54, 1.807) is 6.08 Å². The van der Waals surface area contributed by atoms with Crippen molar-refractivity contribution in [3.05, 3.63) is 59.7 Å². The number of carbonyl (C=O) groups is 1. The van der Waals surface area contributed by atoms with Gasteiger partial charge in [0.25, 0.3) is 0 Å². The van der Waals surface area contributed by atoms with Crippen LogP contribution in [-0.4, -0.2) is 37.8 Å². The smallest absolute Gasteiger partial charge is 0.312 e. The van der Waals surface area contributed by atoms with Crippen molar-refractivity contribution in [2.75, 3.05) is 18.1 Å². The molecule has 0 saturated carbocycles. The predicted octanol–water partition coefficient (Wildman–Crippen LogP) is 5.74. The number of benzene rings is 2. The molecule has 0 amide bonds. The summed E-state index contributed by atoms with van der Waals surface area (Å²) in [5, 5.41) is 0. The molecule has 2 aliphatic heterocycles. The molecule has 7 nitrogen and oxygen atoms in total. The predicted molar refractivity (Wildman–Crippen MR) is 147 cm³/mol. The zero-order chi connectivity index (χ0) is 28.1. The molecule has 2 heterocycles. The van der Waals surface area contributed by atoms with E-state index in [9.17, 15) is 17.8 Å². The minimum absolute atomic E-state index is 0.138. The van der Waals surface area contributed by atoms with Gasteiger partial charge in [-0.1, -0.05) is 45.9 Å². The van der Waals surface area contributed by atoms with Crippen LogP contribution in [0.25, 0.3) is 6.08 Å². The number of para-hydroxylation sites is 1. The summed E-state index contributed by atoms with van der Waals surface area (Å²) in [5.41, 5.74) is 0.558. The normalized spacial score (nSPS) is 21.3. The molecule has 4 rings (SSSR count). The van der Waals surface area contributed by atoms with Crippen LogP contribution in [0.3, 0.4) is 0 Å². The Morgan fingerprint density at radius 2 is 1.82 bits per heavy atom. The number of hydrogen-bond acceptors (Lipinski definition) is 7. The molecule has 38 heavy (non-hydrogen) atoms. The van der Waals surface area contributed by atoms with E-state index in [2.05, 4.69) is 52.5 Å². The van der Waals surface area contributed by atoms with Gasteiger partial charge in [0.15, 0.2) is 0 Å². The van der Waals surface area contributed by atoms with Crippen LogP contribution in [0.1, 0.15) is 66.0 Å². The Bertz CT molecular complexity index is 1360. The third-order valence-corrected chi connectivity index (χ3v) is 9.14. The second kappa shape index (κ2) is 9.72. The monoisotopic (exact) mass is 540 g/mol. The first-order chi connectivity index (χ1) is 17.6. The van der Waals surface area contributed by atoms with Crippen molar-refractivity contribution in [1.82, 2.24) is 0 Å². The molecule has 8 heteroatoms. The van der Waals surface area contributed by atoms with E-state index < -0.39 is 26.7 Å². The highest BCUT2D eigenvalue weighted by atomic mass is 32.2. The van der Waals surface area contributed by atoms with Crippen molar-refractivity contribution in [3.8, 4) is 5.75 Å². The van der Waals surface area contributed by atoms with E-state index >= 15 is 0 Å². The van der Waals surface area contributed by atoms with Crippen LogP contribution >= 0.6 is 0 Å². The molecule has 1 spiro atoms. The summed E-state index contributed by atoms with van der Waals surface area (Å²) >= 11 is 0. The van der Waals surface area contributed by atoms with Crippen molar-refractivity contribution in [2.45, 2.75) is 70.9 Å². The number of hydrogen-bond donors (Lipinski definition) is 0. The number of ether oxygens (including phenoxy) is 2. The van der Waals surface area contributed by atoms with Gasteiger partial charge >= 0.3 is 5.97 Å². The van der Waals surface area contributed by atoms with Gasteiger partial charge in [-0.2, -0.15) is 0 Å². The van der Waals surface area contributed by atoms with Crippen LogP contribution < -0.4 is 9.64 Å². The molecule has 2 atom stereocenters. The van der Waals surface area contributed by atoms with E-state index in [1.165, 1.54) is 18.2 Å². The Morgan fingerprint density at radius 3 is 2.45 bits per heavy atom. The average Bonchev–Trinajstić information content (AvgIpc) is 3.01. The maximum atomic E-state index is 13.3. The summed E-state index contributed by atoms with van der Waals surface area (Å²) in [6, 6.07) is 12.2. The zero-order valence-corrected chi connectivity index (χ0v) is 24.1. The molecule has 0 aromatic heterocycles. The first kappa shape index (κ1) is 28.2. The summed E-state index contributed by atoms with van der Waals surface area (Å²) in [6.07, 6.45) is 4.46. The SMILES string of the molecule is CC(C)CC(C)(C(=O)OCCN1c2ccccc2C(C)(C)[C@]12C=Cc1cc(S(=O)(=O)[O-])ccc1O2)C(C)C. The van der Waals surface area contributed by atoms with Gasteiger partial charge in [-0.25, -0.2) is 8.42 Å². The summed E-state index contributed by atoms with van der Waals surface area (Å²) < 4.78 is 47.2. The molecular formula is C30H38NO6S-. The third-order valence-electron chi connectivity index (χ3n) is 8.31. The average molecular weight is 541 g/mol. The first-order valence-electron chi connectivity index (χ1n) is 13.2. The van der Waals surface area contributed by atoms with Crippen molar-refractivity contribution in [1.29, 1.82) is 0 Å². The summed E-state index contributed by atoms with van der Waals surface area (Å²) in [6.45, 7) is 15.1. The Kier molecular flexibility index (Phi) is 7.21. The largest absolute Gasteiger partial charge is 0.744 e. The molecule has 0 fully saturated rings. The molecule has 1 unspecified atom stereocenters. The van der Waals surface area contributed by atoms with Gasteiger partial charge < -0.3 is 18.9 Å². The van der Waals surface area contributed by atoms with Crippen molar-refractivity contribution in [2.24, 2.45) is 17.3 Å². The Morgan fingerprint density at radius 1 is 1.13 bits per heavy atom. The molecule has 0 radical (unpaired) electrons. The highest BCUT2D eigenvalue weighted by molar-refractivity contribution is 7.85. The van der Waals surface area contributed by atoms with Crippen LogP contribution in [0, 0.1) is 17.3 Å². The minimum atomic E-state index is -4.59. The lowest BCUT2D eigenvalue weighted by atomic mass is 9.73. The van der Waals surface area contributed by atoms with E-state index in [0.717, 1.165) is 17.7 Å². The van der Waals surface area contributed by atoms with Crippen LogP contribution in [0.15, 0.2) is 53.4 Å². The van der Waals surface area contributed by atoms with Crippen LogP contribution in [-0.2, 0) is 25.1 Å². The standard InChI is InChI=1S/C30H39NO6S/c1-20(2)19-29(7,21(3)4)27(32)36-17-16-31-25-11-9-8-10-24(25)28(5,6)30(31)15-14-22-18-23(38(33,34)35)12-13-26(22)37-30/h8-15,18,20-21H,16-17,19H2,1-7H3,(H,33,34,35)/p-1/t29?,30-/m1/s1. The van der Waals surface area contributed by atoms with Crippen LogP contribution in [0.5, 0.6) is 5.75 Å². The van der Waals surface area contributed by atoms with E-state index in [4.69, 9.17) is 9.47 Å². The summed E-state index contributed by atoms with van der Waals surface area (Å²) in [5.74, 6) is 0.785. The Labute approximate surface area is 226 Å². The quantitative estimate of drug-likeness (QED) is 0.311. The second-order valence-corrected chi connectivity index (χ2v) is 13.3. The van der Waals surface area contributed by atoms with Gasteiger partial charge in [-0.3, -0.25) is 4.79 Å². The maximum Gasteiger partial charge on any atom is 0.312 e. The molecule has 2 aromatic carbocycles. The van der Waals surface area contributed by atoms with Crippen molar-refractivity contribution in [3.63, 3.8) is 0 Å². The van der Waals surface area contributed by atoms with Gasteiger partial charge in [0.05, 0.1) is 22.3 Å². The fourth-order valence-electron chi connectivity index (χ4n) is 5.82. The minimum Gasteiger partial charge on any atom is -0.744 e. The fraction of sp³-hybridized carbons (Fsp3) is 0.500. The molecular weight excluding hydrogens is 502 g/mol. The third kappa shape index (κ3) is 4.62. The lowest BCUT2D eigenvalue weighted by molar-refractivity contribution is -0.158. The Balaban J connectivity index is 1.66. The van der Waals surface area contributed by atoms with Crippen molar-refractivity contribution >= 4 is 27.9 Å². The van der Waals surface area contributed by atoms with E-state index in [1.807, 2.05) is 31.2 Å². The van der Waals surface area contributed by atoms with Gasteiger partial charge in [0, 0.05) is 11.3 Å². The second-order valence-electron chi connectivity index (χ2n) is 11.9. The first-order valence-corrected chi connectivity index (χ1v) is 14.6. The van der Waals surface area contributed by atoms with Gasteiger partial charge in [-0.05, 0) is 81.0 Å². The molecule has 0 saturated heterocycles. The molecule has 0 N–H and O–H groups in total. The lowest BCUT2D eigenvalue weighted by Crippen LogP contribution is -2.60. The fourth-order valence-corrected chi connectivity index (χ4v) is 6.33. The topological polar surface area (TPSA) is 96.0 Å². The molecule has 2 aliphatic rings. The molecule has 206 valence electrons. The van der Waals surface area contributed by atoms with Gasteiger partial charge in [0.2, 0.25) is 5.72 Å². The van der Waals surface area contributed by atoms with Crippen LogP contribution in [0.2, 0.25) is 0 Å². The Hall–Kier alpha value is -2.84. The number of rotatable bonds is 8. The summed E-state index contributed by atoms with van der Waals surface area (Å²) in [4.78, 5) is 15.1. The number of anilines is 1. The molecule has 2 aromatic rings. The number of carbonyl (C=O) groups excluding carboxylic acids is 1.